The minimum absolute atomic E-state index is 0.0237. The normalized spacial score (nSPS) is 18.3. The maximum atomic E-state index is 15.5. The van der Waals surface area contributed by atoms with Gasteiger partial charge >= 0.3 is 0 Å². The van der Waals surface area contributed by atoms with Gasteiger partial charge in [0.2, 0.25) is 5.95 Å². The zero-order valence-corrected chi connectivity index (χ0v) is 26.5. The van der Waals surface area contributed by atoms with Gasteiger partial charge in [0.25, 0.3) is 0 Å². The fourth-order valence-corrected chi connectivity index (χ4v) is 5.76. The molecule has 42 heavy (non-hydrogen) atoms. The van der Waals surface area contributed by atoms with Crippen molar-refractivity contribution in [3.8, 4) is 11.1 Å². The molecule has 11 heteroatoms. The summed E-state index contributed by atoms with van der Waals surface area (Å²) in [5, 5.41) is 8.86. The summed E-state index contributed by atoms with van der Waals surface area (Å²) < 4.78 is 29.4. The molecular weight excluding hydrogens is 551 g/mol. The molecule has 226 valence electrons. The Balaban J connectivity index is 1.12. The molecule has 0 amide bonds. The summed E-state index contributed by atoms with van der Waals surface area (Å²) in [5.74, 6) is 0.356. The van der Waals surface area contributed by atoms with Crippen molar-refractivity contribution in [2.75, 3.05) is 24.6 Å². The molecule has 0 radical (unpaired) electrons. The van der Waals surface area contributed by atoms with Gasteiger partial charge in [-0.1, -0.05) is 44.1 Å². The van der Waals surface area contributed by atoms with Gasteiger partial charge in [-0.3, -0.25) is 0 Å². The predicted octanol–water partition coefficient (Wildman–Crippen LogP) is 6.87. The van der Waals surface area contributed by atoms with Crippen molar-refractivity contribution >= 4 is 20.0 Å². The predicted molar refractivity (Wildman–Crippen MR) is 164 cm³/mol. The van der Waals surface area contributed by atoms with Crippen molar-refractivity contribution in [2.45, 2.75) is 90.4 Å². The fraction of sp³-hybridized carbons (Fsp3) is 0.548. The molecule has 2 aliphatic heterocycles. The summed E-state index contributed by atoms with van der Waals surface area (Å²) in [4.78, 5) is 16.9. The lowest BCUT2D eigenvalue weighted by molar-refractivity contribution is -0.0396. The molecule has 2 saturated heterocycles. The van der Waals surface area contributed by atoms with Crippen molar-refractivity contribution in [1.29, 1.82) is 0 Å². The highest BCUT2D eigenvalue weighted by atomic mass is 28.4. The zero-order chi connectivity index (χ0) is 29.7. The van der Waals surface area contributed by atoms with E-state index in [1.54, 1.807) is 24.5 Å². The first-order valence-corrected chi connectivity index (χ1v) is 17.8. The van der Waals surface area contributed by atoms with E-state index in [0.29, 0.717) is 29.2 Å². The highest BCUT2D eigenvalue weighted by molar-refractivity contribution is 6.74. The number of anilines is 1. The molecule has 2 fully saturated rings. The van der Waals surface area contributed by atoms with E-state index in [4.69, 9.17) is 14.0 Å². The maximum Gasteiger partial charge on any atom is 0.225 e. The molecule has 0 aliphatic carbocycles. The van der Waals surface area contributed by atoms with Crippen LogP contribution in [0.2, 0.25) is 18.1 Å². The number of oxime groups is 1. The van der Waals surface area contributed by atoms with Gasteiger partial charge in [-0.25, -0.2) is 19.0 Å². The molecule has 0 spiro atoms. The van der Waals surface area contributed by atoms with E-state index in [2.05, 4.69) is 59.0 Å². The molecule has 0 bridgehead atoms. The summed E-state index contributed by atoms with van der Waals surface area (Å²) in [7, 11) is -1.99. The largest absolute Gasteiger partial charge is 0.412 e. The Morgan fingerprint density at radius 1 is 1.07 bits per heavy atom. The number of aromatic nitrogens is 4. The first-order chi connectivity index (χ1) is 20.1. The number of ether oxygens (including phenoxy) is 1. The minimum Gasteiger partial charge on any atom is -0.412 e. The number of halogens is 1. The molecule has 1 aromatic carbocycles. The van der Waals surface area contributed by atoms with Crippen LogP contribution in [-0.4, -0.2) is 53.5 Å². The lowest BCUT2D eigenvalue weighted by Crippen LogP contribution is -2.40. The van der Waals surface area contributed by atoms with Gasteiger partial charge in [0.1, 0.15) is 18.7 Å². The molecule has 4 heterocycles. The molecule has 5 rings (SSSR count). The topological polar surface area (TPSA) is 86.9 Å². The second kappa shape index (κ2) is 13.0. The van der Waals surface area contributed by atoms with E-state index in [-0.39, 0.29) is 23.7 Å². The highest BCUT2D eigenvalue weighted by Crippen LogP contribution is 2.37. The summed E-state index contributed by atoms with van der Waals surface area (Å²) in [6, 6.07) is 5.42. The third kappa shape index (κ3) is 7.24. The minimum atomic E-state index is -1.99. The molecule has 3 aromatic rings. The lowest BCUT2D eigenvalue weighted by Gasteiger charge is -2.36. The number of piperidine rings is 1. The summed E-state index contributed by atoms with van der Waals surface area (Å²) in [6.07, 6.45) is 12.0. The second-order valence-electron chi connectivity index (χ2n) is 12.7. The average molecular weight is 595 g/mol. The van der Waals surface area contributed by atoms with Crippen LogP contribution < -0.4 is 4.90 Å². The number of hydrogen-bond donors (Lipinski definition) is 0. The molecule has 0 saturated carbocycles. The third-order valence-corrected chi connectivity index (χ3v) is 13.1. The Kier molecular flexibility index (Phi) is 9.39. The third-order valence-electron chi connectivity index (χ3n) is 8.58. The highest BCUT2D eigenvalue weighted by Gasteiger charge is 2.37. The number of rotatable bonds is 9. The Bertz CT molecular complexity index is 1360. The van der Waals surface area contributed by atoms with Crippen LogP contribution in [0.4, 0.5) is 10.3 Å². The standard InChI is InChI=1S/C31H43FN6O3Si/c1-31(2,3)42(4,5)41-22-24-9-8-10-27(29(24)32)25-18-33-30(34-19-25)37-14-12-26(13-15-37)36-40-21-23-17-35-38(20-23)28-11-6-7-16-39-28/h8-10,17-20,28H,6-7,11-16,21-22H2,1-5H3. The van der Waals surface area contributed by atoms with Gasteiger partial charge in [0.05, 0.1) is 18.5 Å². The summed E-state index contributed by atoms with van der Waals surface area (Å²) >= 11 is 0. The monoisotopic (exact) mass is 594 g/mol. The lowest BCUT2D eigenvalue weighted by atomic mass is 10.1. The fourth-order valence-electron chi connectivity index (χ4n) is 4.81. The summed E-state index contributed by atoms with van der Waals surface area (Å²) in [5.41, 5.74) is 3.68. The van der Waals surface area contributed by atoms with Crippen molar-refractivity contribution in [3.63, 3.8) is 0 Å². The van der Waals surface area contributed by atoms with Crippen LogP contribution in [0.15, 0.2) is 48.1 Å². The molecule has 2 aliphatic rings. The van der Waals surface area contributed by atoms with Gasteiger partial charge in [0, 0.05) is 73.4 Å². The van der Waals surface area contributed by atoms with Crippen LogP contribution in [0.1, 0.15) is 70.2 Å². The van der Waals surface area contributed by atoms with E-state index in [1.165, 1.54) is 0 Å². The zero-order valence-electron chi connectivity index (χ0n) is 25.5. The number of benzene rings is 1. The van der Waals surface area contributed by atoms with Gasteiger partial charge in [-0.05, 0) is 37.4 Å². The van der Waals surface area contributed by atoms with E-state index >= 15 is 4.39 Å². The van der Waals surface area contributed by atoms with Crippen LogP contribution in [0, 0.1) is 5.82 Å². The van der Waals surface area contributed by atoms with Crippen LogP contribution in [0.5, 0.6) is 0 Å². The van der Waals surface area contributed by atoms with Crippen LogP contribution in [0.25, 0.3) is 11.1 Å². The van der Waals surface area contributed by atoms with Crippen LogP contribution >= 0.6 is 0 Å². The van der Waals surface area contributed by atoms with Crippen molar-refractivity contribution in [1.82, 2.24) is 19.7 Å². The van der Waals surface area contributed by atoms with E-state index < -0.39 is 8.32 Å². The van der Waals surface area contributed by atoms with Crippen molar-refractivity contribution < 1.29 is 18.4 Å². The Morgan fingerprint density at radius 2 is 1.83 bits per heavy atom. The Labute approximate surface area is 249 Å². The van der Waals surface area contributed by atoms with Crippen LogP contribution in [0.3, 0.4) is 0 Å². The molecule has 1 atom stereocenters. The van der Waals surface area contributed by atoms with E-state index in [9.17, 15) is 0 Å². The quantitative estimate of drug-likeness (QED) is 0.197. The molecule has 2 aromatic heterocycles. The van der Waals surface area contributed by atoms with Gasteiger partial charge < -0.3 is 18.9 Å². The molecule has 0 N–H and O–H groups in total. The first kappa shape index (κ1) is 30.3. The molecule has 1 unspecified atom stereocenters. The van der Waals surface area contributed by atoms with E-state index in [0.717, 1.165) is 63.1 Å². The van der Waals surface area contributed by atoms with Crippen molar-refractivity contribution in [3.05, 3.63) is 59.9 Å². The first-order valence-electron chi connectivity index (χ1n) is 14.9. The van der Waals surface area contributed by atoms with E-state index in [1.807, 2.05) is 23.1 Å². The van der Waals surface area contributed by atoms with Crippen molar-refractivity contribution in [2.24, 2.45) is 5.16 Å². The van der Waals surface area contributed by atoms with Gasteiger partial charge in [0.15, 0.2) is 8.32 Å². The summed E-state index contributed by atoms with van der Waals surface area (Å²) in [6.45, 7) is 13.8. The maximum absolute atomic E-state index is 15.5. The van der Waals surface area contributed by atoms with Crippen LogP contribution in [-0.2, 0) is 27.2 Å². The SMILES string of the molecule is CC(C)(C)[Si](C)(C)OCc1cccc(-c2cnc(N3CCC(=NOCc4cnn(C5CCCCO5)c4)CC3)nc2)c1F. The van der Waals surface area contributed by atoms with Gasteiger partial charge in [-0.2, -0.15) is 5.10 Å². The Morgan fingerprint density at radius 3 is 2.52 bits per heavy atom. The molecular formula is C31H43FN6O3Si. The Hall–Kier alpha value is -3.15. The smallest absolute Gasteiger partial charge is 0.225 e. The number of hydrogen-bond acceptors (Lipinski definition) is 8. The van der Waals surface area contributed by atoms with Gasteiger partial charge in [-0.15, -0.1) is 0 Å². The molecule has 9 nitrogen and oxygen atoms in total. The number of nitrogens with zero attached hydrogens (tertiary/aromatic N) is 6. The average Bonchev–Trinajstić information content (AvgIpc) is 3.46. The second-order valence-corrected chi connectivity index (χ2v) is 17.5.